The van der Waals surface area contributed by atoms with Gasteiger partial charge in [0, 0.05) is 5.56 Å². The first kappa shape index (κ1) is 17.7. The number of hydrogen-bond donors (Lipinski definition) is 2. The van der Waals surface area contributed by atoms with E-state index in [2.05, 4.69) is 25.3 Å². The predicted octanol–water partition coefficient (Wildman–Crippen LogP) is 5.23. The zero-order valence-electron chi connectivity index (χ0n) is 13.5. The summed E-state index contributed by atoms with van der Waals surface area (Å²) in [5, 5.41) is 3.81. The Balaban J connectivity index is 1.68. The molecule has 0 atom stereocenters. The van der Waals surface area contributed by atoms with E-state index in [1.54, 1.807) is 36.4 Å². The van der Waals surface area contributed by atoms with Gasteiger partial charge in [-0.25, -0.2) is 9.97 Å². The van der Waals surface area contributed by atoms with Crippen LogP contribution < -0.4 is 5.32 Å². The zero-order valence-corrected chi connectivity index (χ0v) is 15.8. The summed E-state index contributed by atoms with van der Waals surface area (Å²) in [6, 6.07) is 10.3. The van der Waals surface area contributed by atoms with Gasteiger partial charge in [0.1, 0.15) is 11.0 Å². The summed E-state index contributed by atoms with van der Waals surface area (Å²) >= 11 is 18.3. The first-order valence-electron chi connectivity index (χ1n) is 7.74. The number of aromatic nitrogens is 4. The van der Waals surface area contributed by atoms with Crippen molar-refractivity contribution in [3.05, 3.63) is 69.6 Å². The van der Waals surface area contributed by atoms with E-state index in [0.717, 1.165) is 5.52 Å². The van der Waals surface area contributed by atoms with Gasteiger partial charge >= 0.3 is 0 Å². The molecule has 0 saturated carbocycles. The fraction of sp³-hybridized carbons (Fsp3) is 0. The number of carbonyl (C=O) groups is 1. The van der Waals surface area contributed by atoms with Crippen molar-refractivity contribution in [1.29, 1.82) is 0 Å². The third kappa shape index (κ3) is 3.60. The second-order valence-corrected chi connectivity index (χ2v) is 6.80. The molecular formula is C18H10Cl3N5O. The maximum absolute atomic E-state index is 12.5. The van der Waals surface area contributed by atoms with Gasteiger partial charge < -0.3 is 10.3 Å². The molecular weight excluding hydrogens is 409 g/mol. The fourth-order valence-electron chi connectivity index (χ4n) is 2.58. The largest absolute Gasteiger partial charge is 0.338 e. The molecule has 0 bridgehead atoms. The second-order valence-electron chi connectivity index (χ2n) is 5.60. The van der Waals surface area contributed by atoms with Crippen molar-refractivity contribution < 1.29 is 4.79 Å². The average Bonchev–Trinajstić information content (AvgIpc) is 3.04. The Morgan fingerprint density at radius 3 is 2.52 bits per heavy atom. The van der Waals surface area contributed by atoms with Gasteiger partial charge in [-0.15, -0.1) is 0 Å². The monoisotopic (exact) mass is 417 g/mol. The minimum Gasteiger partial charge on any atom is -0.338 e. The quantitative estimate of drug-likeness (QED) is 0.477. The summed E-state index contributed by atoms with van der Waals surface area (Å²) in [5.74, 6) is 0.436. The molecule has 0 fully saturated rings. The number of H-pyrrole nitrogens is 1. The zero-order chi connectivity index (χ0) is 19.0. The molecule has 4 rings (SSSR count). The SMILES string of the molecule is O=C(Nc1cncc(Cl)n1)c1ccc2[nH]c(-c3c(Cl)cccc3Cl)nc2c1. The predicted molar refractivity (Wildman–Crippen MR) is 107 cm³/mol. The molecule has 134 valence electrons. The third-order valence-corrected chi connectivity index (χ3v) is 4.60. The van der Waals surface area contributed by atoms with E-state index >= 15 is 0 Å². The molecule has 9 heteroatoms. The summed E-state index contributed by atoms with van der Waals surface area (Å²) in [4.78, 5) is 28.0. The van der Waals surface area contributed by atoms with Crippen LogP contribution in [0.3, 0.4) is 0 Å². The minimum atomic E-state index is -0.353. The molecule has 0 spiro atoms. The van der Waals surface area contributed by atoms with Crippen LogP contribution in [0.2, 0.25) is 15.2 Å². The van der Waals surface area contributed by atoms with Crippen molar-refractivity contribution >= 4 is 57.6 Å². The first-order valence-corrected chi connectivity index (χ1v) is 8.88. The Hall–Kier alpha value is -2.67. The number of halogens is 3. The van der Waals surface area contributed by atoms with Crippen LogP contribution in [0.1, 0.15) is 10.4 Å². The number of hydrogen-bond acceptors (Lipinski definition) is 4. The van der Waals surface area contributed by atoms with Crippen molar-refractivity contribution in [2.75, 3.05) is 5.32 Å². The number of fused-ring (bicyclic) bond motifs is 1. The standard InChI is InChI=1S/C18H10Cl3N5O/c19-10-2-1-3-11(20)16(10)17-23-12-5-4-9(6-13(12)24-17)18(27)26-15-8-22-7-14(21)25-15/h1-8H,(H,23,24)(H,25,26,27). The Bertz CT molecular complexity index is 1150. The van der Waals surface area contributed by atoms with Crippen molar-refractivity contribution in [2.45, 2.75) is 0 Å². The van der Waals surface area contributed by atoms with Gasteiger partial charge in [-0.1, -0.05) is 40.9 Å². The highest BCUT2D eigenvalue weighted by atomic mass is 35.5. The molecule has 1 amide bonds. The molecule has 0 unspecified atom stereocenters. The highest BCUT2D eigenvalue weighted by Crippen LogP contribution is 2.33. The Morgan fingerprint density at radius 2 is 1.78 bits per heavy atom. The van der Waals surface area contributed by atoms with Gasteiger partial charge in [-0.3, -0.25) is 9.78 Å². The molecule has 0 saturated heterocycles. The van der Waals surface area contributed by atoms with Gasteiger partial charge in [0.15, 0.2) is 5.82 Å². The summed E-state index contributed by atoms with van der Waals surface area (Å²) in [6.45, 7) is 0. The highest BCUT2D eigenvalue weighted by Gasteiger charge is 2.14. The van der Waals surface area contributed by atoms with Gasteiger partial charge in [-0.2, -0.15) is 0 Å². The van der Waals surface area contributed by atoms with Crippen LogP contribution in [0.25, 0.3) is 22.4 Å². The number of nitrogens with one attached hydrogen (secondary N) is 2. The van der Waals surface area contributed by atoms with Crippen molar-refractivity contribution in [1.82, 2.24) is 19.9 Å². The number of benzene rings is 2. The van der Waals surface area contributed by atoms with E-state index in [1.165, 1.54) is 12.4 Å². The van der Waals surface area contributed by atoms with Crippen molar-refractivity contribution in [3.63, 3.8) is 0 Å². The van der Waals surface area contributed by atoms with E-state index in [0.29, 0.717) is 32.5 Å². The third-order valence-electron chi connectivity index (χ3n) is 3.79. The Kier molecular flexibility index (Phi) is 4.70. The lowest BCUT2D eigenvalue weighted by Crippen LogP contribution is -2.13. The Morgan fingerprint density at radius 1 is 1.00 bits per heavy atom. The van der Waals surface area contributed by atoms with Crippen LogP contribution in [-0.2, 0) is 0 Å². The maximum Gasteiger partial charge on any atom is 0.256 e. The molecule has 0 aliphatic rings. The number of carbonyl (C=O) groups excluding carboxylic acids is 1. The van der Waals surface area contributed by atoms with E-state index in [4.69, 9.17) is 34.8 Å². The van der Waals surface area contributed by atoms with E-state index in [-0.39, 0.29) is 16.9 Å². The smallest absolute Gasteiger partial charge is 0.256 e. The van der Waals surface area contributed by atoms with Crippen LogP contribution >= 0.6 is 34.8 Å². The maximum atomic E-state index is 12.5. The summed E-state index contributed by atoms with van der Waals surface area (Å²) < 4.78 is 0. The van der Waals surface area contributed by atoms with Crippen LogP contribution in [-0.4, -0.2) is 25.8 Å². The van der Waals surface area contributed by atoms with Crippen LogP contribution in [0.4, 0.5) is 5.82 Å². The molecule has 27 heavy (non-hydrogen) atoms. The second kappa shape index (κ2) is 7.15. The normalized spacial score (nSPS) is 10.9. The summed E-state index contributed by atoms with van der Waals surface area (Å²) in [6.07, 6.45) is 2.79. The van der Waals surface area contributed by atoms with Gasteiger partial charge in [0.05, 0.1) is 39.0 Å². The number of imidazole rings is 1. The van der Waals surface area contributed by atoms with Crippen molar-refractivity contribution in [2.24, 2.45) is 0 Å². The lowest BCUT2D eigenvalue weighted by atomic mass is 10.2. The van der Waals surface area contributed by atoms with Crippen LogP contribution in [0.15, 0.2) is 48.8 Å². The van der Waals surface area contributed by atoms with E-state index < -0.39 is 0 Å². The number of anilines is 1. The lowest BCUT2D eigenvalue weighted by molar-refractivity contribution is 0.102. The highest BCUT2D eigenvalue weighted by molar-refractivity contribution is 6.39. The molecule has 2 aromatic heterocycles. The fourth-order valence-corrected chi connectivity index (χ4v) is 3.30. The van der Waals surface area contributed by atoms with Crippen LogP contribution in [0.5, 0.6) is 0 Å². The number of rotatable bonds is 3. The molecule has 6 nitrogen and oxygen atoms in total. The summed E-state index contributed by atoms with van der Waals surface area (Å²) in [5.41, 5.74) is 2.37. The molecule has 4 aromatic rings. The van der Waals surface area contributed by atoms with Crippen LogP contribution in [0, 0.1) is 0 Å². The number of aromatic amines is 1. The van der Waals surface area contributed by atoms with Crippen molar-refractivity contribution in [3.8, 4) is 11.4 Å². The lowest BCUT2D eigenvalue weighted by Gasteiger charge is -2.04. The molecule has 2 N–H and O–H groups in total. The average molecular weight is 419 g/mol. The molecule has 2 heterocycles. The molecule has 2 aromatic carbocycles. The molecule has 0 radical (unpaired) electrons. The van der Waals surface area contributed by atoms with E-state index in [1.807, 2.05) is 0 Å². The molecule has 0 aliphatic heterocycles. The number of amides is 1. The minimum absolute atomic E-state index is 0.191. The van der Waals surface area contributed by atoms with Gasteiger partial charge in [0.25, 0.3) is 5.91 Å². The Labute approximate surface area is 168 Å². The summed E-state index contributed by atoms with van der Waals surface area (Å²) in [7, 11) is 0. The van der Waals surface area contributed by atoms with Gasteiger partial charge in [-0.05, 0) is 30.3 Å². The van der Waals surface area contributed by atoms with E-state index in [9.17, 15) is 4.79 Å². The first-order chi connectivity index (χ1) is 13.0. The molecule has 0 aliphatic carbocycles. The topological polar surface area (TPSA) is 83.6 Å². The number of nitrogens with zero attached hydrogens (tertiary/aromatic N) is 3. The van der Waals surface area contributed by atoms with Gasteiger partial charge in [0.2, 0.25) is 0 Å².